The molecule has 0 saturated heterocycles. The lowest BCUT2D eigenvalue weighted by Gasteiger charge is -2.07. The van der Waals surface area contributed by atoms with Gasteiger partial charge in [-0.05, 0) is 12.1 Å². The van der Waals surface area contributed by atoms with Crippen molar-refractivity contribution in [3.05, 3.63) is 35.4 Å². The van der Waals surface area contributed by atoms with E-state index in [2.05, 4.69) is 9.97 Å². The fraction of sp³-hybridized carbons (Fsp3) is 0.111. The minimum atomic E-state index is -4.49. The first kappa shape index (κ1) is 10.2. The molecule has 0 aliphatic carbocycles. The highest BCUT2D eigenvalue weighted by Crippen LogP contribution is 2.31. The second kappa shape index (κ2) is 3.34. The number of rotatable bonds is 0. The molecule has 2 heterocycles. The van der Waals surface area contributed by atoms with Gasteiger partial charge in [-0.15, -0.1) is 0 Å². The van der Waals surface area contributed by atoms with Crippen molar-refractivity contribution in [2.24, 2.45) is 0 Å². The van der Waals surface area contributed by atoms with Crippen molar-refractivity contribution in [2.75, 3.05) is 0 Å². The highest BCUT2D eigenvalue weighted by atomic mass is 35.5. The maximum absolute atomic E-state index is 12.4. The number of aromatic nitrogens is 2. The van der Waals surface area contributed by atoms with E-state index in [0.717, 1.165) is 6.07 Å². The molecule has 0 amide bonds. The monoisotopic (exact) mass is 232 g/mol. The van der Waals surface area contributed by atoms with Crippen molar-refractivity contribution < 1.29 is 13.2 Å². The minimum Gasteiger partial charge on any atom is -0.264 e. The van der Waals surface area contributed by atoms with E-state index in [4.69, 9.17) is 11.6 Å². The van der Waals surface area contributed by atoms with Crippen molar-refractivity contribution in [1.82, 2.24) is 9.97 Å². The van der Waals surface area contributed by atoms with Gasteiger partial charge in [0.05, 0.1) is 0 Å². The molecule has 78 valence electrons. The van der Waals surface area contributed by atoms with Crippen LogP contribution in [0, 0.1) is 0 Å². The van der Waals surface area contributed by atoms with Gasteiger partial charge in [0.25, 0.3) is 0 Å². The molecule has 0 saturated carbocycles. The predicted octanol–water partition coefficient (Wildman–Crippen LogP) is 3.30. The summed E-state index contributed by atoms with van der Waals surface area (Å²) in [5, 5.41) is 0.617. The molecule has 0 aliphatic heterocycles. The third kappa shape index (κ3) is 1.87. The summed E-state index contributed by atoms with van der Waals surface area (Å²) in [5.74, 6) is 0. The summed E-state index contributed by atoms with van der Waals surface area (Å²) in [5.41, 5.74) is -1.01. The molecular weight excluding hydrogens is 229 g/mol. The van der Waals surface area contributed by atoms with E-state index >= 15 is 0 Å². The lowest BCUT2D eigenvalue weighted by Crippen LogP contribution is -2.07. The predicted molar refractivity (Wildman–Crippen MR) is 49.6 cm³/mol. The van der Waals surface area contributed by atoms with E-state index in [0.29, 0.717) is 10.8 Å². The second-order valence-electron chi connectivity index (χ2n) is 2.89. The Balaban J connectivity index is 2.73. The Morgan fingerprint density at radius 1 is 1.27 bits per heavy atom. The van der Waals surface area contributed by atoms with Gasteiger partial charge in [-0.2, -0.15) is 13.2 Å². The molecule has 0 spiro atoms. The average molecular weight is 233 g/mol. The molecule has 2 aromatic rings. The summed E-state index contributed by atoms with van der Waals surface area (Å²) in [7, 11) is 0. The number of fused-ring (bicyclic) bond motifs is 1. The van der Waals surface area contributed by atoms with Crippen molar-refractivity contribution >= 4 is 22.4 Å². The van der Waals surface area contributed by atoms with Crippen LogP contribution in [0.5, 0.6) is 0 Å². The SMILES string of the molecule is FC(F)(F)c1cc2cnccc2c(Cl)n1. The van der Waals surface area contributed by atoms with Gasteiger partial charge in [0.15, 0.2) is 0 Å². The summed E-state index contributed by atoms with van der Waals surface area (Å²) < 4.78 is 37.1. The standard InChI is InChI=1S/C9H4ClF3N2/c10-8-6-1-2-14-4-5(6)3-7(15-8)9(11,12)13/h1-4H. The third-order valence-electron chi connectivity index (χ3n) is 1.88. The molecule has 2 aromatic heterocycles. The lowest BCUT2D eigenvalue weighted by molar-refractivity contribution is -0.141. The van der Waals surface area contributed by atoms with Crippen molar-refractivity contribution in [1.29, 1.82) is 0 Å². The number of hydrogen-bond acceptors (Lipinski definition) is 2. The molecule has 2 nitrogen and oxygen atoms in total. The van der Waals surface area contributed by atoms with Crippen molar-refractivity contribution in [2.45, 2.75) is 6.18 Å². The van der Waals surface area contributed by atoms with Crippen LogP contribution in [0.4, 0.5) is 13.2 Å². The zero-order valence-corrected chi connectivity index (χ0v) is 7.97. The van der Waals surface area contributed by atoms with Crippen LogP contribution in [-0.4, -0.2) is 9.97 Å². The Morgan fingerprint density at radius 2 is 2.00 bits per heavy atom. The van der Waals surface area contributed by atoms with E-state index in [1.165, 1.54) is 18.5 Å². The Kier molecular flexibility index (Phi) is 2.26. The number of halogens is 4. The molecule has 0 unspecified atom stereocenters. The van der Waals surface area contributed by atoms with Gasteiger partial charge in [-0.1, -0.05) is 11.6 Å². The first-order chi connectivity index (χ1) is 6.98. The molecule has 15 heavy (non-hydrogen) atoms. The van der Waals surface area contributed by atoms with Crippen molar-refractivity contribution in [3.8, 4) is 0 Å². The Bertz CT molecular complexity index is 510. The molecule has 0 N–H and O–H groups in total. The molecule has 0 radical (unpaired) electrons. The van der Waals surface area contributed by atoms with Crippen LogP contribution >= 0.6 is 11.6 Å². The van der Waals surface area contributed by atoms with Crippen LogP contribution in [-0.2, 0) is 6.18 Å². The van der Waals surface area contributed by atoms with Gasteiger partial charge in [0.1, 0.15) is 10.8 Å². The Labute approximate surface area is 87.7 Å². The third-order valence-corrected chi connectivity index (χ3v) is 2.16. The zero-order valence-electron chi connectivity index (χ0n) is 7.22. The lowest BCUT2D eigenvalue weighted by atomic mass is 10.2. The molecular formula is C9H4ClF3N2. The summed E-state index contributed by atoms with van der Waals surface area (Å²) in [6, 6.07) is 2.44. The maximum Gasteiger partial charge on any atom is 0.433 e. The average Bonchev–Trinajstić information content (AvgIpc) is 2.16. The summed E-state index contributed by atoms with van der Waals surface area (Å²) in [6.07, 6.45) is -1.73. The smallest absolute Gasteiger partial charge is 0.264 e. The highest BCUT2D eigenvalue weighted by molar-refractivity contribution is 6.34. The van der Waals surface area contributed by atoms with Gasteiger partial charge < -0.3 is 0 Å². The van der Waals surface area contributed by atoms with Gasteiger partial charge in [-0.3, -0.25) is 4.98 Å². The quantitative estimate of drug-likeness (QED) is 0.652. The summed E-state index contributed by atoms with van der Waals surface area (Å²) in [4.78, 5) is 7.01. The van der Waals surface area contributed by atoms with Gasteiger partial charge in [0, 0.05) is 23.2 Å². The first-order valence-electron chi connectivity index (χ1n) is 3.96. The topological polar surface area (TPSA) is 25.8 Å². The van der Waals surface area contributed by atoms with Crippen LogP contribution in [0.2, 0.25) is 5.15 Å². The number of pyridine rings is 2. The van der Waals surface area contributed by atoms with Crippen LogP contribution in [0.15, 0.2) is 24.5 Å². The van der Waals surface area contributed by atoms with Crippen LogP contribution in [0.3, 0.4) is 0 Å². The Hall–Kier alpha value is -1.36. The van der Waals surface area contributed by atoms with Gasteiger partial charge in [0.2, 0.25) is 0 Å². The van der Waals surface area contributed by atoms with Crippen LogP contribution in [0.1, 0.15) is 5.69 Å². The number of hydrogen-bond donors (Lipinski definition) is 0. The molecule has 0 bridgehead atoms. The van der Waals surface area contributed by atoms with E-state index in [9.17, 15) is 13.2 Å². The maximum atomic E-state index is 12.4. The molecule has 0 aliphatic rings. The molecule has 2 rings (SSSR count). The first-order valence-corrected chi connectivity index (χ1v) is 4.34. The fourth-order valence-corrected chi connectivity index (χ4v) is 1.46. The largest absolute Gasteiger partial charge is 0.433 e. The molecule has 0 fully saturated rings. The number of nitrogens with zero attached hydrogens (tertiary/aromatic N) is 2. The van der Waals surface area contributed by atoms with E-state index < -0.39 is 11.9 Å². The summed E-state index contributed by atoms with van der Waals surface area (Å²) in [6.45, 7) is 0. The zero-order chi connectivity index (χ0) is 11.1. The highest BCUT2D eigenvalue weighted by Gasteiger charge is 2.33. The summed E-state index contributed by atoms with van der Waals surface area (Å²) >= 11 is 5.63. The number of alkyl halides is 3. The Morgan fingerprint density at radius 3 is 2.67 bits per heavy atom. The van der Waals surface area contributed by atoms with E-state index in [1.54, 1.807) is 0 Å². The normalized spacial score (nSPS) is 12.0. The minimum absolute atomic E-state index is 0.165. The van der Waals surface area contributed by atoms with E-state index in [-0.39, 0.29) is 5.15 Å². The second-order valence-corrected chi connectivity index (χ2v) is 3.25. The van der Waals surface area contributed by atoms with Gasteiger partial charge >= 0.3 is 6.18 Å². The fourth-order valence-electron chi connectivity index (χ4n) is 1.20. The van der Waals surface area contributed by atoms with Crippen molar-refractivity contribution in [3.63, 3.8) is 0 Å². The molecule has 6 heteroatoms. The van der Waals surface area contributed by atoms with Gasteiger partial charge in [-0.25, -0.2) is 4.98 Å². The molecule has 0 aromatic carbocycles. The van der Waals surface area contributed by atoms with Crippen LogP contribution < -0.4 is 0 Å². The van der Waals surface area contributed by atoms with E-state index in [1.807, 2.05) is 0 Å². The van der Waals surface area contributed by atoms with Crippen LogP contribution in [0.25, 0.3) is 10.8 Å². The molecule has 0 atom stereocenters.